The molecular weight excluding hydrogens is 374 g/mol. The van der Waals surface area contributed by atoms with Crippen LogP contribution in [0.15, 0.2) is 47.1 Å². The minimum absolute atomic E-state index is 0.296. The molecule has 6 nitrogen and oxygen atoms in total. The molecule has 0 saturated carbocycles. The number of nitrogens with zero attached hydrogens (tertiary/aromatic N) is 5. The predicted molar refractivity (Wildman–Crippen MR) is 110 cm³/mol. The van der Waals surface area contributed by atoms with E-state index >= 15 is 0 Å². The van der Waals surface area contributed by atoms with E-state index in [-0.39, 0.29) is 0 Å². The number of halogens is 1. The largest absolute Gasteiger partial charge is 0.370 e. The van der Waals surface area contributed by atoms with E-state index in [2.05, 4.69) is 37.1 Å². The molecule has 1 spiro atoms. The highest BCUT2D eigenvalue weighted by molar-refractivity contribution is 6.30. The van der Waals surface area contributed by atoms with E-state index in [1.165, 1.54) is 12.1 Å². The number of aromatic nitrogens is 3. The summed E-state index contributed by atoms with van der Waals surface area (Å²) in [5.74, 6) is 0.605. The summed E-state index contributed by atoms with van der Waals surface area (Å²) in [4.78, 5) is 13.6. The van der Waals surface area contributed by atoms with Crippen LogP contribution < -0.4 is 9.80 Å². The van der Waals surface area contributed by atoms with Crippen molar-refractivity contribution in [3.05, 3.63) is 53.3 Å². The van der Waals surface area contributed by atoms with Gasteiger partial charge < -0.3 is 14.3 Å². The maximum Gasteiger partial charge on any atom is 0.324 e. The van der Waals surface area contributed by atoms with E-state index in [1.54, 1.807) is 0 Å². The van der Waals surface area contributed by atoms with Gasteiger partial charge in [-0.1, -0.05) is 16.8 Å². The molecule has 0 N–H and O–H groups in total. The molecule has 2 fully saturated rings. The molecule has 5 rings (SSSR count). The smallest absolute Gasteiger partial charge is 0.324 e. The van der Waals surface area contributed by atoms with E-state index in [9.17, 15) is 0 Å². The first-order valence-corrected chi connectivity index (χ1v) is 10.0. The van der Waals surface area contributed by atoms with Gasteiger partial charge in [0.25, 0.3) is 0 Å². The number of hydrogen-bond acceptors (Lipinski definition) is 6. The quantitative estimate of drug-likeness (QED) is 0.662. The number of piperidine rings is 1. The zero-order valence-corrected chi connectivity index (χ0v) is 16.6. The van der Waals surface area contributed by atoms with Crippen molar-refractivity contribution in [3.8, 4) is 11.4 Å². The van der Waals surface area contributed by atoms with Crippen LogP contribution in [0.2, 0.25) is 5.02 Å². The first-order valence-electron chi connectivity index (χ1n) is 9.63. The average Bonchev–Trinajstić information content (AvgIpc) is 3.17. The standard InChI is InChI=1S/C21H22ClN5O/c1-15-11-18(7-9-23-15)27-13-21(14-27)8-2-10-26(12-21)20-24-19(25-28-20)16-3-5-17(22)6-4-16/h3-7,9,11H,2,8,10,12-14H2,1H3. The van der Waals surface area contributed by atoms with Crippen molar-refractivity contribution in [2.45, 2.75) is 19.8 Å². The zero-order chi connectivity index (χ0) is 19.1. The molecule has 3 aromatic rings. The molecule has 4 heterocycles. The third kappa shape index (κ3) is 3.22. The summed E-state index contributed by atoms with van der Waals surface area (Å²) < 4.78 is 5.59. The van der Waals surface area contributed by atoms with E-state index in [1.807, 2.05) is 37.4 Å². The Morgan fingerprint density at radius 1 is 1.07 bits per heavy atom. The third-order valence-corrected chi connectivity index (χ3v) is 6.00. The van der Waals surface area contributed by atoms with E-state index in [0.29, 0.717) is 22.3 Å². The van der Waals surface area contributed by atoms with Gasteiger partial charge in [-0.15, -0.1) is 0 Å². The topological polar surface area (TPSA) is 58.3 Å². The molecule has 0 unspecified atom stereocenters. The predicted octanol–water partition coefficient (Wildman–Crippen LogP) is 4.20. The molecule has 2 aromatic heterocycles. The van der Waals surface area contributed by atoms with Crippen LogP contribution in [0.25, 0.3) is 11.4 Å². The van der Waals surface area contributed by atoms with Crippen LogP contribution in [0.1, 0.15) is 18.5 Å². The van der Waals surface area contributed by atoms with Crippen molar-refractivity contribution in [2.75, 3.05) is 36.0 Å². The van der Waals surface area contributed by atoms with Crippen molar-refractivity contribution in [2.24, 2.45) is 5.41 Å². The second-order valence-electron chi connectivity index (χ2n) is 7.94. The lowest BCUT2D eigenvalue weighted by Gasteiger charge is -2.55. The molecule has 0 aliphatic carbocycles. The van der Waals surface area contributed by atoms with Crippen LogP contribution >= 0.6 is 11.6 Å². The van der Waals surface area contributed by atoms with E-state index in [4.69, 9.17) is 16.1 Å². The average molecular weight is 396 g/mol. The van der Waals surface area contributed by atoms with Crippen LogP contribution in [0, 0.1) is 12.3 Å². The molecule has 144 valence electrons. The molecular formula is C21H22ClN5O. The summed E-state index contributed by atoms with van der Waals surface area (Å²) in [7, 11) is 0. The number of pyridine rings is 1. The van der Waals surface area contributed by atoms with Crippen LogP contribution in [0.4, 0.5) is 11.7 Å². The Balaban J connectivity index is 1.29. The van der Waals surface area contributed by atoms with Crippen molar-refractivity contribution < 1.29 is 4.52 Å². The fourth-order valence-corrected chi connectivity index (χ4v) is 4.49. The van der Waals surface area contributed by atoms with E-state index < -0.39 is 0 Å². The first kappa shape index (κ1) is 17.5. The van der Waals surface area contributed by atoms with Crippen LogP contribution in [-0.4, -0.2) is 41.3 Å². The second kappa shape index (κ2) is 6.78. The number of hydrogen-bond donors (Lipinski definition) is 0. The summed E-state index contributed by atoms with van der Waals surface area (Å²) in [5.41, 5.74) is 3.53. The molecule has 28 heavy (non-hydrogen) atoms. The van der Waals surface area contributed by atoms with Crippen molar-refractivity contribution in [1.29, 1.82) is 0 Å². The highest BCUT2D eigenvalue weighted by Crippen LogP contribution is 2.42. The monoisotopic (exact) mass is 395 g/mol. The lowest BCUT2D eigenvalue weighted by atomic mass is 9.73. The zero-order valence-electron chi connectivity index (χ0n) is 15.8. The summed E-state index contributed by atoms with van der Waals surface area (Å²) in [6, 6.07) is 12.4. The maximum atomic E-state index is 5.96. The Hall–Kier alpha value is -2.60. The summed E-state index contributed by atoms with van der Waals surface area (Å²) in [6.45, 7) is 6.07. The molecule has 7 heteroatoms. The van der Waals surface area contributed by atoms with Gasteiger partial charge in [-0.3, -0.25) is 4.98 Å². The summed E-state index contributed by atoms with van der Waals surface area (Å²) in [6.07, 6.45) is 4.27. The van der Waals surface area contributed by atoms with Gasteiger partial charge in [-0.25, -0.2) is 0 Å². The van der Waals surface area contributed by atoms with Crippen molar-refractivity contribution in [1.82, 2.24) is 15.1 Å². The Labute approximate surface area is 169 Å². The molecule has 0 amide bonds. The molecule has 0 radical (unpaired) electrons. The molecule has 0 bridgehead atoms. The maximum absolute atomic E-state index is 5.96. The highest BCUT2D eigenvalue weighted by atomic mass is 35.5. The van der Waals surface area contributed by atoms with Crippen LogP contribution in [-0.2, 0) is 0 Å². The number of rotatable bonds is 3. The molecule has 2 aliphatic heterocycles. The van der Waals surface area contributed by atoms with Crippen LogP contribution in [0.3, 0.4) is 0 Å². The van der Waals surface area contributed by atoms with Gasteiger partial charge in [0.15, 0.2) is 0 Å². The Bertz CT molecular complexity index is 980. The molecule has 2 aliphatic rings. The second-order valence-corrected chi connectivity index (χ2v) is 8.38. The van der Waals surface area contributed by atoms with Gasteiger partial charge >= 0.3 is 6.01 Å². The SMILES string of the molecule is Cc1cc(N2CC3(CCCN(c4nc(-c5ccc(Cl)cc5)no4)C3)C2)ccn1. The lowest BCUT2D eigenvalue weighted by molar-refractivity contribution is 0.169. The normalized spacial score (nSPS) is 18.4. The molecule has 1 aromatic carbocycles. The van der Waals surface area contributed by atoms with Gasteiger partial charge in [0.05, 0.1) is 0 Å². The Morgan fingerprint density at radius 3 is 2.64 bits per heavy atom. The van der Waals surface area contributed by atoms with Gasteiger partial charge in [0, 0.05) is 59.8 Å². The van der Waals surface area contributed by atoms with Gasteiger partial charge in [-0.05, 0) is 56.2 Å². The van der Waals surface area contributed by atoms with Gasteiger partial charge in [0.2, 0.25) is 5.82 Å². The molecule has 2 saturated heterocycles. The Morgan fingerprint density at radius 2 is 1.86 bits per heavy atom. The minimum atomic E-state index is 0.296. The first-order chi connectivity index (χ1) is 13.6. The lowest BCUT2D eigenvalue weighted by Crippen LogP contribution is -2.63. The third-order valence-electron chi connectivity index (χ3n) is 5.75. The number of anilines is 2. The fourth-order valence-electron chi connectivity index (χ4n) is 4.36. The Kier molecular flexibility index (Phi) is 4.23. The molecule has 0 atom stereocenters. The number of benzene rings is 1. The minimum Gasteiger partial charge on any atom is -0.370 e. The fraction of sp³-hybridized carbons (Fsp3) is 0.381. The summed E-state index contributed by atoms with van der Waals surface area (Å²) in [5, 5.41) is 4.87. The summed E-state index contributed by atoms with van der Waals surface area (Å²) >= 11 is 5.96. The van der Waals surface area contributed by atoms with Gasteiger partial charge in [-0.2, -0.15) is 4.98 Å². The van der Waals surface area contributed by atoms with Crippen LogP contribution in [0.5, 0.6) is 0 Å². The number of aryl methyl sites for hydroxylation is 1. The van der Waals surface area contributed by atoms with Crippen molar-refractivity contribution >= 4 is 23.3 Å². The van der Waals surface area contributed by atoms with Crippen molar-refractivity contribution in [3.63, 3.8) is 0 Å². The van der Waals surface area contributed by atoms with Gasteiger partial charge in [0.1, 0.15) is 0 Å². The highest BCUT2D eigenvalue weighted by Gasteiger charge is 2.46. The van der Waals surface area contributed by atoms with E-state index in [0.717, 1.165) is 43.9 Å².